The molecule has 0 aromatic heterocycles. The monoisotopic (exact) mass is 376 g/mol. The van der Waals surface area contributed by atoms with Crippen LogP contribution in [0.1, 0.15) is 26.7 Å². The fourth-order valence-electron chi connectivity index (χ4n) is 1.71. The number of carbonyl (C=O) groups is 1. The highest BCUT2D eigenvalue weighted by molar-refractivity contribution is 9.10. The zero-order chi connectivity index (χ0) is 16.1. The van der Waals surface area contributed by atoms with Crippen molar-refractivity contribution in [3.8, 4) is 0 Å². The molecule has 0 saturated heterocycles. The van der Waals surface area contributed by atoms with E-state index in [0.29, 0.717) is 13.1 Å². The van der Waals surface area contributed by atoms with Gasteiger partial charge in [-0.05, 0) is 57.5 Å². The summed E-state index contributed by atoms with van der Waals surface area (Å²) in [6, 6.07) is 6.26. The molecule has 0 heterocycles. The van der Waals surface area contributed by atoms with Gasteiger partial charge in [-0.15, -0.1) is 0 Å². The van der Waals surface area contributed by atoms with Crippen LogP contribution < -0.4 is 11.1 Å². The van der Waals surface area contributed by atoms with E-state index in [1.54, 1.807) is 12.1 Å². The largest absolute Gasteiger partial charge is 0.355 e. The van der Waals surface area contributed by atoms with Crippen molar-refractivity contribution in [3.63, 3.8) is 0 Å². The number of halogens is 1. The Kier molecular flexibility index (Phi) is 6.37. The van der Waals surface area contributed by atoms with E-state index in [-0.39, 0.29) is 4.90 Å². The van der Waals surface area contributed by atoms with Gasteiger partial charge in [-0.2, -0.15) is 0 Å². The Morgan fingerprint density at radius 3 is 2.33 bits per heavy atom. The molecule has 0 saturated carbocycles. The summed E-state index contributed by atoms with van der Waals surface area (Å²) in [7, 11) is -3.75. The summed E-state index contributed by atoms with van der Waals surface area (Å²) in [5.41, 5.74) is 5.38. The molecule has 0 bridgehead atoms. The summed E-state index contributed by atoms with van der Waals surface area (Å²) in [6.45, 7) is 3.82. The van der Waals surface area contributed by atoms with Crippen LogP contribution in [0.15, 0.2) is 33.6 Å². The standard InChI is InChI=1S/C14H21BrN2O3S/c1-14(2,13(18)17-10-4-3-9-16)21(19,20)12-7-5-11(15)6-8-12/h5-8H,3-4,9-10,16H2,1-2H3,(H,17,18). The summed E-state index contributed by atoms with van der Waals surface area (Å²) in [5, 5.41) is 2.66. The number of unbranched alkanes of at least 4 members (excludes halogenated alkanes) is 1. The van der Waals surface area contributed by atoms with Gasteiger partial charge < -0.3 is 11.1 Å². The highest BCUT2D eigenvalue weighted by Gasteiger charge is 2.42. The predicted molar refractivity (Wildman–Crippen MR) is 86.7 cm³/mol. The maximum atomic E-state index is 12.6. The normalized spacial score (nSPS) is 12.2. The minimum atomic E-state index is -3.75. The van der Waals surface area contributed by atoms with Gasteiger partial charge in [0.25, 0.3) is 0 Å². The van der Waals surface area contributed by atoms with Crippen molar-refractivity contribution in [1.82, 2.24) is 5.32 Å². The van der Waals surface area contributed by atoms with Crippen LogP contribution in [0, 0.1) is 0 Å². The number of nitrogens with one attached hydrogen (secondary N) is 1. The van der Waals surface area contributed by atoms with Gasteiger partial charge >= 0.3 is 0 Å². The van der Waals surface area contributed by atoms with Crippen LogP contribution in [-0.2, 0) is 14.6 Å². The van der Waals surface area contributed by atoms with Crippen LogP contribution in [0.5, 0.6) is 0 Å². The summed E-state index contributed by atoms with van der Waals surface area (Å²) in [6.07, 6.45) is 1.52. The zero-order valence-electron chi connectivity index (χ0n) is 12.2. The lowest BCUT2D eigenvalue weighted by molar-refractivity contribution is -0.122. The molecule has 0 unspecified atom stereocenters. The molecule has 1 amide bonds. The third kappa shape index (κ3) is 4.28. The van der Waals surface area contributed by atoms with Crippen molar-refractivity contribution < 1.29 is 13.2 Å². The number of hydrogen-bond acceptors (Lipinski definition) is 4. The second-order valence-corrected chi connectivity index (χ2v) is 8.63. The first-order valence-corrected chi connectivity index (χ1v) is 8.99. The van der Waals surface area contributed by atoms with Gasteiger partial charge in [0.2, 0.25) is 5.91 Å². The van der Waals surface area contributed by atoms with Crippen molar-refractivity contribution in [3.05, 3.63) is 28.7 Å². The van der Waals surface area contributed by atoms with Crippen molar-refractivity contribution >= 4 is 31.7 Å². The van der Waals surface area contributed by atoms with Crippen LogP contribution in [0.2, 0.25) is 0 Å². The number of sulfone groups is 1. The molecule has 0 radical (unpaired) electrons. The molecule has 1 rings (SSSR count). The highest BCUT2D eigenvalue weighted by Crippen LogP contribution is 2.26. The molecule has 1 aromatic carbocycles. The maximum Gasteiger partial charge on any atom is 0.241 e. The quantitative estimate of drug-likeness (QED) is 0.710. The molecule has 0 aliphatic heterocycles. The molecule has 7 heteroatoms. The molecule has 0 spiro atoms. The molecule has 0 aliphatic carbocycles. The van der Waals surface area contributed by atoms with Crippen LogP contribution in [0.25, 0.3) is 0 Å². The summed E-state index contributed by atoms with van der Waals surface area (Å²) in [4.78, 5) is 12.3. The number of rotatable bonds is 7. The van der Waals surface area contributed by atoms with Gasteiger partial charge in [0.05, 0.1) is 4.90 Å². The van der Waals surface area contributed by atoms with Crippen molar-refractivity contribution in [2.24, 2.45) is 5.73 Å². The van der Waals surface area contributed by atoms with E-state index in [1.807, 2.05) is 0 Å². The second-order valence-electron chi connectivity index (χ2n) is 5.22. The van der Waals surface area contributed by atoms with E-state index in [1.165, 1.54) is 26.0 Å². The zero-order valence-corrected chi connectivity index (χ0v) is 14.6. The minimum Gasteiger partial charge on any atom is -0.355 e. The molecule has 118 valence electrons. The number of amides is 1. The third-order valence-corrected chi connectivity index (χ3v) is 6.21. The Morgan fingerprint density at radius 1 is 1.24 bits per heavy atom. The Morgan fingerprint density at radius 2 is 1.81 bits per heavy atom. The van der Waals surface area contributed by atoms with E-state index in [4.69, 9.17) is 5.73 Å². The SMILES string of the molecule is CC(C)(C(=O)NCCCCN)S(=O)(=O)c1ccc(Br)cc1. The maximum absolute atomic E-state index is 12.6. The van der Waals surface area contributed by atoms with E-state index in [9.17, 15) is 13.2 Å². The number of carbonyl (C=O) groups excluding carboxylic acids is 1. The lowest BCUT2D eigenvalue weighted by Gasteiger charge is -2.24. The van der Waals surface area contributed by atoms with E-state index < -0.39 is 20.5 Å². The van der Waals surface area contributed by atoms with Gasteiger partial charge in [0.1, 0.15) is 4.75 Å². The van der Waals surface area contributed by atoms with E-state index in [2.05, 4.69) is 21.2 Å². The number of benzene rings is 1. The minimum absolute atomic E-state index is 0.132. The predicted octanol–water partition coefficient (Wildman–Crippen LogP) is 1.86. The Balaban J connectivity index is 2.89. The third-order valence-electron chi connectivity index (χ3n) is 3.26. The average Bonchev–Trinajstić information content (AvgIpc) is 2.43. The number of nitrogens with two attached hydrogens (primary N) is 1. The smallest absolute Gasteiger partial charge is 0.241 e. The lowest BCUT2D eigenvalue weighted by atomic mass is 10.2. The molecular formula is C14H21BrN2O3S. The highest BCUT2D eigenvalue weighted by atomic mass is 79.9. The Hall–Kier alpha value is -0.920. The molecule has 3 N–H and O–H groups in total. The first kappa shape index (κ1) is 18.1. The van der Waals surface area contributed by atoms with E-state index >= 15 is 0 Å². The molecule has 0 atom stereocenters. The second kappa shape index (κ2) is 7.38. The van der Waals surface area contributed by atoms with E-state index in [0.717, 1.165) is 17.3 Å². The molecule has 1 aromatic rings. The van der Waals surface area contributed by atoms with Crippen molar-refractivity contribution in [2.45, 2.75) is 36.3 Å². The molecular weight excluding hydrogens is 356 g/mol. The van der Waals surface area contributed by atoms with Gasteiger partial charge in [-0.1, -0.05) is 15.9 Å². The average molecular weight is 377 g/mol. The van der Waals surface area contributed by atoms with Crippen LogP contribution in [0.3, 0.4) is 0 Å². The molecule has 0 aliphatic rings. The van der Waals surface area contributed by atoms with Crippen LogP contribution in [0.4, 0.5) is 0 Å². The van der Waals surface area contributed by atoms with Crippen molar-refractivity contribution in [2.75, 3.05) is 13.1 Å². The van der Waals surface area contributed by atoms with Gasteiger partial charge in [-0.3, -0.25) is 4.79 Å². The molecule has 0 fully saturated rings. The van der Waals surface area contributed by atoms with Crippen LogP contribution >= 0.6 is 15.9 Å². The topological polar surface area (TPSA) is 89.3 Å². The Labute approximate surface area is 134 Å². The lowest BCUT2D eigenvalue weighted by Crippen LogP contribution is -2.48. The first-order valence-electron chi connectivity index (χ1n) is 6.72. The number of hydrogen-bond donors (Lipinski definition) is 2. The summed E-state index contributed by atoms with van der Waals surface area (Å²) in [5.74, 6) is -0.498. The summed E-state index contributed by atoms with van der Waals surface area (Å²) < 4.78 is 24.5. The fraction of sp³-hybridized carbons (Fsp3) is 0.500. The van der Waals surface area contributed by atoms with Gasteiger partial charge in [-0.25, -0.2) is 8.42 Å². The fourth-order valence-corrected chi connectivity index (χ4v) is 3.38. The first-order chi connectivity index (χ1) is 9.73. The summed E-state index contributed by atoms with van der Waals surface area (Å²) >= 11 is 3.26. The molecule has 5 nitrogen and oxygen atoms in total. The van der Waals surface area contributed by atoms with Crippen molar-refractivity contribution in [1.29, 1.82) is 0 Å². The van der Waals surface area contributed by atoms with Gasteiger partial charge in [0.15, 0.2) is 9.84 Å². The van der Waals surface area contributed by atoms with Gasteiger partial charge in [0, 0.05) is 11.0 Å². The Bertz CT molecular complexity index is 583. The van der Waals surface area contributed by atoms with Crippen LogP contribution in [-0.4, -0.2) is 32.2 Å². The molecule has 21 heavy (non-hydrogen) atoms.